The van der Waals surface area contributed by atoms with E-state index in [0.717, 1.165) is 108 Å². The quantitative estimate of drug-likeness (QED) is 0.0251. The maximum atomic E-state index is 12.2. The van der Waals surface area contributed by atoms with E-state index in [1.54, 1.807) is 12.1 Å². The van der Waals surface area contributed by atoms with Gasteiger partial charge in [0.25, 0.3) is 0 Å². The molecule has 4 aromatic carbocycles. The van der Waals surface area contributed by atoms with Crippen LogP contribution in [0.5, 0.6) is 0 Å². The zero-order chi connectivity index (χ0) is 49.3. The van der Waals surface area contributed by atoms with Crippen LogP contribution in [0.2, 0.25) is 0 Å². The average molecular weight is 1110 g/mol. The van der Waals surface area contributed by atoms with E-state index in [0.29, 0.717) is 12.8 Å². The van der Waals surface area contributed by atoms with Gasteiger partial charge in [0.2, 0.25) is 0 Å². The van der Waals surface area contributed by atoms with Crippen LogP contribution in [-0.2, 0) is 45.9 Å². The van der Waals surface area contributed by atoms with Crippen LogP contribution in [0.1, 0.15) is 255 Å². The normalized spacial score (nSPS) is 11.8. The second kappa shape index (κ2) is 38.4. The Bertz CT molecular complexity index is 2030. The van der Waals surface area contributed by atoms with Crippen molar-refractivity contribution >= 4 is 90.7 Å². The maximum absolute atomic E-state index is 12.2. The predicted octanol–water partition coefficient (Wildman–Crippen LogP) is 17.8. The second-order valence-electron chi connectivity index (χ2n) is 19.9. The number of fused-ring (bicyclic) bond motifs is 2. The topological polar surface area (TPSA) is 114 Å². The first-order valence-corrected chi connectivity index (χ1v) is 30.8. The van der Waals surface area contributed by atoms with Gasteiger partial charge in [0.1, 0.15) is 20.2 Å². The Morgan fingerprint density at radius 3 is 0.783 bits per heavy atom. The molecule has 0 unspecified atom stereocenters. The average Bonchev–Trinajstić information content (AvgIpc) is 3.32. The summed E-state index contributed by atoms with van der Waals surface area (Å²) < 4.78 is 73.4. The van der Waals surface area contributed by atoms with Gasteiger partial charge in [-0.05, 0) is 107 Å². The van der Waals surface area contributed by atoms with Gasteiger partial charge in [-0.2, -0.15) is 0 Å². The Kier molecular flexibility index (Phi) is 35.5. The molecule has 0 aliphatic rings. The van der Waals surface area contributed by atoms with E-state index in [1.807, 2.05) is 36.4 Å². The molecule has 0 aliphatic heterocycles. The van der Waals surface area contributed by atoms with Crippen LogP contribution in [0.4, 0.5) is 0 Å². The molecular weight excluding hydrogens is 1020 g/mol. The minimum atomic E-state index is -4.50. The number of hydrogen-bond acceptors (Lipinski definition) is 6. The smallest absolute Gasteiger partial charge is 0.744 e. The standard InChI is InChI=1S/2C30H48O3S.Ba/c2*1-3-5-7-9-11-13-15-17-23-28-27-22-20-19-21-26(27)25-30(34(31,32)33)29(28)24-18-16-14-12-10-8-6-4-2;/h2*19-22,25H,3-18,23-24H2,1-2H3,(H,31,32,33);/q;;+2/p-2. The monoisotopic (exact) mass is 1110 g/mol. The van der Waals surface area contributed by atoms with Crippen molar-refractivity contribution in [2.45, 2.75) is 269 Å². The molecule has 9 heteroatoms. The minimum Gasteiger partial charge on any atom is -0.744 e. The van der Waals surface area contributed by atoms with Crippen LogP contribution in [0.3, 0.4) is 0 Å². The van der Waals surface area contributed by atoms with E-state index in [1.165, 1.54) is 154 Å². The van der Waals surface area contributed by atoms with Crippen molar-refractivity contribution in [3.05, 3.63) is 82.9 Å². The summed E-state index contributed by atoms with van der Waals surface area (Å²) >= 11 is 0. The fourth-order valence-corrected chi connectivity index (χ4v) is 11.8. The van der Waals surface area contributed by atoms with Crippen LogP contribution < -0.4 is 0 Å². The van der Waals surface area contributed by atoms with E-state index in [4.69, 9.17) is 0 Å². The first kappa shape index (κ1) is 63.9. The largest absolute Gasteiger partial charge is 2.00 e. The van der Waals surface area contributed by atoms with E-state index in [2.05, 4.69) is 39.8 Å². The molecule has 0 spiro atoms. The molecule has 0 saturated heterocycles. The molecule has 0 fully saturated rings. The third-order valence-electron chi connectivity index (χ3n) is 14.1. The third kappa shape index (κ3) is 25.5. The van der Waals surface area contributed by atoms with Gasteiger partial charge >= 0.3 is 48.9 Å². The number of rotatable bonds is 38. The molecule has 0 aliphatic carbocycles. The van der Waals surface area contributed by atoms with E-state index in [-0.39, 0.29) is 58.7 Å². The summed E-state index contributed by atoms with van der Waals surface area (Å²) in [6.07, 6.45) is 42.2. The molecule has 0 N–H and O–H groups in total. The van der Waals surface area contributed by atoms with Gasteiger partial charge in [0, 0.05) is 0 Å². The number of benzene rings is 4. The fraction of sp³-hybridized carbons (Fsp3) is 0.667. The molecule has 0 saturated carbocycles. The molecule has 384 valence electrons. The molecule has 0 radical (unpaired) electrons. The minimum absolute atomic E-state index is 0. The summed E-state index contributed by atoms with van der Waals surface area (Å²) in [7, 11) is -9.01. The van der Waals surface area contributed by atoms with Gasteiger partial charge < -0.3 is 9.11 Å². The fourth-order valence-electron chi connectivity index (χ4n) is 10.2. The Labute approximate surface area is 463 Å². The van der Waals surface area contributed by atoms with Gasteiger partial charge in [0.05, 0.1) is 9.79 Å². The molecular formula is C60H94BaO6S2. The van der Waals surface area contributed by atoms with Gasteiger partial charge in [-0.1, -0.05) is 256 Å². The maximum Gasteiger partial charge on any atom is 2.00 e. The SMILES string of the molecule is CCCCCCCCCCc1c(S(=O)(=O)[O-])cc2ccccc2c1CCCCCCCCCC.CCCCCCCCCCc1c(S(=O)(=O)[O-])cc2ccccc2c1CCCCCCCCCC.[Ba+2]. The molecule has 0 heterocycles. The van der Waals surface area contributed by atoms with Gasteiger partial charge in [-0.25, -0.2) is 16.8 Å². The van der Waals surface area contributed by atoms with Gasteiger partial charge in [-0.15, -0.1) is 0 Å². The molecule has 0 bridgehead atoms. The zero-order valence-electron chi connectivity index (χ0n) is 44.2. The van der Waals surface area contributed by atoms with Crippen molar-refractivity contribution in [3.63, 3.8) is 0 Å². The Morgan fingerprint density at radius 2 is 0.536 bits per heavy atom. The molecule has 0 amide bonds. The summed E-state index contributed by atoms with van der Waals surface area (Å²) in [5.74, 6) is 0. The Hall–Kier alpha value is -1.21. The van der Waals surface area contributed by atoms with Crippen molar-refractivity contribution in [2.24, 2.45) is 0 Å². The summed E-state index contributed by atoms with van der Waals surface area (Å²) in [6.45, 7) is 8.95. The first-order valence-electron chi connectivity index (χ1n) is 28.0. The van der Waals surface area contributed by atoms with Crippen LogP contribution in [-0.4, -0.2) is 74.8 Å². The van der Waals surface area contributed by atoms with Gasteiger partial charge in [0.15, 0.2) is 0 Å². The predicted molar refractivity (Wildman–Crippen MR) is 295 cm³/mol. The Morgan fingerprint density at radius 1 is 0.319 bits per heavy atom. The molecule has 69 heavy (non-hydrogen) atoms. The van der Waals surface area contributed by atoms with Crippen molar-refractivity contribution in [3.8, 4) is 0 Å². The second-order valence-corrected chi connectivity index (χ2v) is 22.6. The molecule has 4 rings (SSSR count). The molecule has 0 aromatic heterocycles. The van der Waals surface area contributed by atoms with Crippen LogP contribution >= 0.6 is 0 Å². The van der Waals surface area contributed by atoms with Crippen molar-refractivity contribution in [1.29, 1.82) is 0 Å². The van der Waals surface area contributed by atoms with Crippen LogP contribution in [0, 0.1) is 0 Å². The van der Waals surface area contributed by atoms with Crippen molar-refractivity contribution in [1.82, 2.24) is 0 Å². The molecule has 4 aromatic rings. The Balaban J connectivity index is 0.000000467. The summed E-state index contributed by atoms with van der Waals surface area (Å²) in [5.41, 5.74) is 3.79. The zero-order valence-corrected chi connectivity index (χ0v) is 50.3. The van der Waals surface area contributed by atoms with E-state index >= 15 is 0 Å². The van der Waals surface area contributed by atoms with Crippen molar-refractivity contribution < 1.29 is 25.9 Å². The van der Waals surface area contributed by atoms with E-state index < -0.39 is 20.2 Å². The number of hydrogen-bond donors (Lipinski definition) is 0. The number of unbranched alkanes of at least 4 members (excludes halogenated alkanes) is 28. The van der Waals surface area contributed by atoms with Crippen LogP contribution in [0.25, 0.3) is 21.5 Å². The summed E-state index contributed by atoms with van der Waals surface area (Å²) in [5, 5.41) is 3.97. The summed E-state index contributed by atoms with van der Waals surface area (Å²) in [6, 6.07) is 19.2. The van der Waals surface area contributed by atoms with Crippen molar-refractivity contribution in [2.75, 3.05) is 0 Å². The van der Waals surface area contributed by atoms with Gasteiger partial charge in [-0.3, -0.25) is 0 Å². The summed E-state index contributed by atoms with van der Waals surface area (Å²) in [4.78, 5) is 0.0347. The molecule has 0 atom stereocenters. The first-order chi connectivity index (χ1) is 33.0. The van der Waals surface area contributed by atoms with Crippen LogP contribution in [0.15, 0.2) is 70.5 Å². The third-order valence-corrected chi connectivity index (χ3v) is 15.9. The van der Waals surface area contributed by atoms with E-state index in [9.17, 15) is 25.9 Å². The number of aryl methyl sites for hydroxylation is 2. The molecule has 6 nitrogen and oxygen atoms in total.